The first kappa shape index (κ1) is 16.8. The number of benzene rings is 4. The molecule has 0 aromatic heterocycles. The number of ketones is 1. The van der Waals surface area contributed by atoms with Gasteiger partial charge in [0.05, 0.1) is 4.91 Å². The van der Waals surface area contributed by atoms with Crippen LogP contribution < -0.4 is 4.74 Å². The van der Waals surface area contributed by atoms with Crippen molar-refractivity contribution in [1.82, 2.24) is 0 Å². The maximum Gasteiger partial charge on any atom is 0.201 e. The van der Waals surface area contributed by atoms with Gasteiger partial charge in [0, 0.05) is 10.5 Å². The Balaban J connectivity index is 1.48. The summed E-state index contributed by atoms with van der Waals surface area (Å²) in [6.45, 7) is 0. The minimum atomic E-state index is 0.0891. The van der Waals surface area contributed by atoms with Gasteiger partial charge in [-0.25, -0.2) is 0 Å². The molecule has 4 aromatic carbocycles. The van der Waals surface area contributed by atoms with Crippen LogP contribution in [-0.2, 0) is 0 Å². The third-order valence-electron chi connectivity index (χ3n) is 4.70. The van der Waals surface area contributed by atoms with E-state index in [-0.39, 0.29) is 5.78 Å². The second-order valence-electron chi connectivity index (χ2n) is 6.59. The molecule has 0 fully saturated rings. The second kappa shape index (κ2) is 7.02. The van der Waals surface area contributed by atoms with Crippen molar-refractivity contribution in [3.8, 4) is 11.5 Å². The maximum atomic E-state index is 13.1. The normalized spacial score (nSPS) is 14.4. The zero-order valence-corrected chi connectivity index (χ0v) is 15.8. The van der Waals surface area contributed by atoms with E-state index in [1.54, 1.807) is 0 Å². The van der Waals surface area contributed by atoms with Gasteiger partial charge in [-0.15, -0.1) is 0 Å². The number of carbonyl (C=O) groups is 1. The van der Waals surface area contributed by atoms with Gasteiger partial charge >= 0.3 is 0 Å². The van der Waals surface area contributed by atoms with Gasteiger partial charge in [-0.1, -0.05) is 72.4 Å². The first-order chi connectivity index (χ1) is 13.8. The van der Waals surface area contributed by atoms with E-state index in [1.807, 2.05) is 91.0 Å². The van der Waals surface area contributed by atoms with Gasteiger partial charge in [0.25, 0.3) is 0 Å². The Morgan fingerprint density at radius 3 is 2.43 bits per heavy atom. The third kappa shape index (κ3) is 3.10. The average molecular weight is 380 g/mol. The Morgan fingerprint density at radius 1 is 0.750 bits per heavy atom. The molecule has 0 radical (unpaired) electrons. The van der Waals surface area contributed by atoms with E-state index in [9.17, 15) is 4.79 Å². The molecule has 2 nitrogen and oxygen atoms in total. The number of fused-ring (bicyclic) bond motifs is 3. The first-order valence-electron chi connectivity index (χ1n) is 9.07. The van der Waals surface area contributed by atoms with E-state index >= 15 is 0 Å². The number of hydrogen-bond donors (Lipinski definition) is 0. The van der Waals surface area contributed by atoms with Gasteiger partial charge in [-0.2, -0.15) is 0 Å². The molecule has 0 saturated carbocycles. The average Bonchev–Trinajstić information content (AvgIpc) is 3.05. The molecule has 0 bridgehead atoms. The van der Waals surface area contributed by atoms with Gasteiger partial charge in [-0.3, -0.25) is 4.79 Å². The number of ether oxygens (including phenoxy) is 1. The number of rotatable bonds is 3. The standard InChI is InChI=1S/C25H16O2S/c26-25-23(28-22-14-13-18-8-4-5-12-21(18)24(22)25)16-17-7-6-11-20(15-17)27-19-9-2-1-3-10-19/h1-16H/b23-16+. The molecule has 0 atom stereocenters. The van der Waals surface area contributed by atoms with Crippen LogP contribution in [0.3, 0.4) is 0 Å². The molecule has 0 amide bonds. The van der Waals surface area contributed by atoms with E-state index in [2.05, 4.69) is 6.07 Å². The first-order valence-corrected chi connectivity index (χ1v) is 9.88. The largest absolute Gasteiger partial charge is 0.457 e. The monoisotopic (exact) mass is 380 g/mol. The van der Waals surface area contributed by atoms with Gasteiger partial charge in [0.2, 0.25) is 5.78 Å². The van der Waals surface area contributed by atoms with Crippen LogP contribution in [0.1, 0.15) is 15.9 Å². The highest BCUT2D eigenvalue weighted by molar-refractivity contribution is 8.05. The lowest BCUT2D eigenvalue weighted by atomic mass is 10.0. The number of allylic oxidation sites excluding steroid dienone is 1. The summed E-state index contributed by atoms with van der Waals surface area (Å²) in [6, 6.07) is 29.6. The molecule has 1 heterocycles. The number of thioether (sulfide) groups is 1. The second-order valence-corrected chi connectivity index (χ2v) is 7.67. The smallest absolute Gasteiger partial charge is 0.201 e. The van der Waals surface area contributed by atoms with Crippen molar-refractivity contribution in [2.75, 3.05) is 0 Å². The van der Waals surface area contributed by atoms with Crippen LogP contribution in [0.5, 0.6) is 11.5 Å². The van der Waals surface area contributed by atoms with Crippen molar-refractivity contribution >= 4 is 34.4 Å². The summed E-state index contributed by atoms with van der Waals surface area (Å²) in [4.78, 5) is 14.8. The summed E-state index contributed by atoms with van der Waals surface area (Å²) >= 11 is 1.53. The number of hydrogen-bond acceptors (Lipinski definition) is 3. The zero-order chi connectivity index (χ0) is 18.9. The van der Waals surface area contributed by atoms with Crippen LogP contribution in [-0.4, -0.2) is 5.78 Å². The molecule has 1 aliphatic rings. The van der Waals surface area contributed by atoms with Crippen LogP contribution >= 0.6 is 11.8 Å². The molecule has 0 aliphatic carbocycles. The lowest BCUT2D eigenvalue weighted by Crippen LogP contribution is -1.95. The summed E-state index contributed by atoms with van der Waals surface area (Å²) in [6.07, 6.45) is 1.94. The maximum absolute atomic E-state index is 13.1. The van der Waals surface area contributed by atoms with E-state index < -0.39 is 0 Å². The van der Waals surface area contributed by atoms with Crippen molar-refractivity contribution < 1.29 is 9.53 Å². The van der Waals surface area contributed by atoms with Crippen molar-refractivity contribution in [2.24, 2.45) is 0 Å². The Bertz CT molecular complexity index is 1230. The molecule has 28 heavy (non-hydrogen) atoms. The molecule has 0 saturated heterocycles. The molecule has 4 aromatic rings. The molecule has 0 unspecified atom stereocenters. The minimum Gasteiger partial charge on any atom is -0.457 e. The van der Waals surface area contributed by atoms with E-state index in [0.29, 0.717) is 0 Å². The summed E-state index contributed by atoms with van der Waals surface area (Å²) in [5, 5.41) is 2.11. The summed E-state index contributed by atoms with van der Waals surface area (Å²) in [5.41, 5.74) is 1.76. The Morgan fingerprint density at radius 2 is 1.54 bits per heavy atom. The summed E-state index contributed by atoms with van der Waals surface area (Å²) < 4.78 is 5.91. The molecule has 3 heteroatoms. The Labute approximate surface area is 167 Å². The van der Waals surface area contributed by atoms with Crippen molar-refractivity contribution in [1.29, 1.82) is 0 Å². The van der Waals surface area contributed by atoms with Crippen LogP contribution in [0.15, 0.2) is 101 Å². The third-order valence-corrected chi connectivity index (χ3v) is 5.78. The van der Waals surface area contributed by atoms with Gasteiger partial charge in [-0.05, 0) is 52.7 Å². The van der Waals surface area contributed by atoms with Crippen molar-refractivity contribution in [2.45, 2.75) is 4.90 Å². The SMILES string of the molecule is O=C1/C(=C\c2cccc(Oc3ccccc3)c2)Sc2ccc3ccccc3c21. The van der Waals surface area contributed by atoms with E-state index in [0.717, 1.165) is 43.2 Å². The summed E-state index contributed by atoms with van der Waals surface area (Å²) in [7, 11) is 0. The number of Topliss-reactive ketones (excluding diaryl/α,β-unsaturated/α-hetero) is 1. The molecule has 1 aliphatic heterocycles. The molecular weight excluding hydrogens is 364 g/mol. The minimum absolute atomic E-state index is 0.0891. The predicted octanol–water partition coefficient (Wildman–Crippen LogP) is 6.96. The predicted molar refractivity (Wildman–Crippen MR) is 115 cm³/mol. The summed E-state index contributed by atoms with van der Waals surface area (Å²) in [5.74, 6) is 1.63. The number of para-hydroxylation sites is 1. The Hall–Kier alpha value is -3.30. The van der Waals surface area contributed by atoms with Crippen molar-refractivity contribution in [3.63, 3.8) is 0 Å². The highest BCUT2D eigenvalue weighted by Gasteiger charge is 2.27. The highest BCUT2D eigenvalue weighted by Crippen LogP contribution is 2.44. The van der Waals surface area contributed by atoms with Gasteiger partial charge in [0.15, 0.2) is 0 Å². The van der Waals surface area contributed by atoms with Crippen LogP contribution in [0.25, 0.3) is 16.8 Å². The van der Waals surface area contributed by atoms with Crippen LogP contribution in [0.2, 0.25) is 0 Å². The van der Waals surface area contributed by atoms with Gasteiger partial charge < -0.3 is 4.74 Å². The number of carbonyl (C=O) groups excluding carboxylic acids is 1. The molecule has 5 rings (SSSR count). The lowest BCUT2D eigenvalue weighted by molar-refractivity contribution is 0.104. The molecule has 0 spiro atoms. The van der Waals surface area contributed by atoms with Gasteiger partial charge in [0.1, 0.15) is 11.5 Å². The zero-order valence-electron chi connectivity index (χ0n) is 15.0. The van der Waals surface area contributed by atoms with Crippen molar-refractivity contribution in [3.05, 3.63) is 107 Å². The lowest BCUT2D eigenvalue weighted by Gasteiger charge is -2.06. The Kier molecular flexibility index (Phi) is 4.22. The fraction of sp³-hybridized carbons (Fsp3) is 0. The molecular formula is C25H16O2S. The van der Waals surface area contributed by atoms with Crippen LogP contribution in [0.4, 0.5) is 0 Å². The van der Waals surface area contributed by atoms with Crippen LogP contribution in [0, 0.1) is 0 Å². The topological polar surface area (TPSA) is 26.3 Å². The quantitative estimate of drug-likeness (QED) is 0.359. The fourth-order valence-electron chi connectivity index (χ4n) is 3.40. The molecule has 0 N–H and O–H groups in total. The van der Waals surface area contributed by atoms with E-state index in [1.165, 1.54) is 11.8 Å². The molecule has 134 valence electrons. The van der Waals surface area contributed by atoms with E-state index in [4.69, 9.17) is 4.74 Å². The highest BCUT2D eigenvalue weighted by atomic mass is 32.2. The fourth-order valence-corrected chi connectivity index (χ4v) is 4.47.